The Labute approximate surface area is 117 Å². The van der Waals surface area contributed by atoms with Gasteiger partial charge in [0.25, 0.3) is 0 Å². The van der Waals surface area contributed by atoms with Crippen molar-refractivity contribution < 1.29 is 14.3 Å². The second-order valence-corrected chi connectivity index (χ2v) is 5.66. The van der Waals surface area contributed by atoms with Crippen LogP contribution in [0.3, 0.4) is 0 Å². The van der Waals surface area contributed by atoms with E-state index < -0.39 is 5.97 Å². The fourth-order valence-electron chi connectivity index (χ4n) is 1.70. The van der Waals surface area contributed by atoms with Gasteiger partial charge in [0.1, 0.15) is 10.6 Å². The number of rotatable bonds is 5. The summed E-state index contributed by atoms with van der Waals surface area (Å²) in [6.07, 6.45) is 0. The summed E-state index contributed by atoms with van der Waals surface area (Å²) >= 11 is 4.51. The van der Waals surface area contributed by atoms with Gasteiger partial charge in [-0.05, 0) is 52.1 Å². The van der Waals surface area contributed by atoms with E-state index in [4.69, 9.17) is 9.52 Å². The average Bonchev–Trinajstić information content (AvgIpc) is 2.87. The molecule has 0 atom stereocenters. The van der Waals surface area contributed by atoms with Gasteiger partial charge in [0.05, 0.1) is 6.54 Å². The van der Waals surface area contributed by atoms with E-state index in [0.29, 0.717) is 22.6 Å². The molecule has 2 rings (SSSR count). The molecule has 0 fully saturated rings. The maximum absolute atomic E-state index is 11.0. The highest BCUT2D eigenvalue weighted by atomic mass is 79.9. The first-order valence-corrected chi connectivity index (χ1v) is 6.96. The fourth-order valence-corrected chi connectivity index (χ4v) is 2.79. The van der Waals surface area contributed by atoms with Crippen molar-refractivity contribution in [2.75, 3.05) is 7.05 Å². The summed E-state index contributed by atoms with van der Waals surface area (Å²) in [6.45, 7) is 1.23. The number of aromatic carboxylic acids is 1. The van der Waals surface area contributed by atoms with E-state index in [0.717, 1.165) is 11.3 Å². The second-order valence-electron chi connectivity index (χ2n) is 3.96. The molecule has 0 aliphatic rings. The lowest BCUT2D eigenvalue weighted by molar-refractivity contribution is 0.0700. The number of carbonyl (C=O) groups is 1. The molecular weight excluding hydrogens is 318 g/mol. The smallest absolute Gasteiger partial charge is 0.346 e. The first kappa shape index (κ1) is 13.3. The Balaban J connectivity index is 2.00. The normalized spacial score (nSPS) is 11.1. The van der Waals surface area contributed by atoms with Crippen LogP contribution >= 0.6 is 27.3 Å². The Morgan fingerprint density at radius 3 is 2.83 bits per heavy atom. The van der Waals surface area contributed by atoms with E-state index in [1.807, 2.05) is 30.1 Å². The topological polar surface area (TPSA) is 53.7 Å². The summed E-state index contributed by atoms with van der Waals surface area (Å²) in [4.78, 5) is 13.4. The SMILES string of the molecule is CN(Cc1ccc(Br)o1)Cc1ccsc1C(=O)O. The van der Waals surface area contributed by atoms with Crippen LogP contribution < -0.4 is 0 Å². The zero-order valence-corrected chi connectivity index (χ0v) is 12.1. The molecule has 96 valence electrons. The van der Waals surface area contributed by atoms with Crippen LogP contribution in [0.25, 0.3) is 0 Å². The highest BCUT2D eigenvalue weighted by Gasteiger charge is 2.13. The van der Waals surface area contributed by atoms with E-state index in [-0.39, 0.29) is 0 Å². The van der Waals surface area contributed by atoms with Crippen molar-refractivity contribution in [1.29, 1.82) is 0 Å². The van der Waals surface area contributed by atoms with E-state index in [1.54, 1.807) is 5.38 Å². The van der Waals surface area contributed by atoms with Gasteiger partial charge in [0.15, 0.2) is 4.67 Å². The van der Waals surface area contributed by atoms with Crippen LogP contribution in [-0.2, 0) is 13.1 Å². The number of hydrogen-bond donors (Lipinski definition) is 1. The van der Waals surface area contributed by atoms with Gasteiger partial charge in [0.2, 0.25) is 0 Å². The minimum absolute atomic E-state index is 0.405. The molecule has 18 heavy (non-hydrogen) atoms. The van der Waals surface area contributed by atoms with Crippen LogP contribution in [0.4, 0.5) is 0 Å². The van der Waals surface area contributed by atoms with E-state index in [2.05, 4.69) is 15.9 Å². The van der Waals surface area contributed by atoms with E-state index in [1.165, 1.54) is 11.3 Å². The van der Waals surface area contributed by atoms with Crippen molar-refractivity contribution in [3.63, 3.8) is 0 Å². The molecule has 0 bridgehead atoms. The fraction of sp³-hybridized carbons (Fsp3) is 0.250. The molecule has 0 saturated heterocycles. The molecular formula is C12H12BrNO3S. The number of halogens is 1. The zero-order valence-electron chi connectivity index (χ0n) is 9.72. The predicted octanol–water partition coefficient (Wildman–Crippen LogP) is 3.43. The molecule has 6 heteroatoms. The van der Waals surface area contributed by atoms with Crippen molar-refractivity contribution in [3.8, 4) is 0 Å². The summed E-state index contributed by atoms with van der Waals surface area (Å²) in [5.41, 5.74) is 0.834. The molecule has 4 nitrogen and oxygen atoms in total. The van der Waals surface area contributed by atoms with Crippen molar-refractivity contribution in [3.05, 3.63) is 44.4 Å². The van der Waals surface area contributed by atoms with Gasteiger partial charge >= 0.3 is 5.97 Å². The lowest BCUT2D eigenvalue weighted by Gasteiger charge is -2.14. The number of carboxylic acids is 1. The maximum Gasteiger partial charge on any atom is 0.346 e. The number of nitrogens with zero attached hydrogens (tertiary/aromatic N) is 1. The Morgan fingerprint density at radius 2 is 2.22 bits per heavy atom. The van der Waals surface area contributed by atoms with Gasteiger partial charge in [-0.1, -0.05) is 0 Å². The molecule has 0 radical (unpaired) electrons. The Bertz CT molecular complexity index is 549. The summed E-state index contributed by atoms with van der Waals surface area (Å²) in [5, 5.41) is 10.8. The summed E-state index contributed by atoms with van der Waals surface area (Å²) in [6, 6.07) is 5.59. The van der Waals surface area contributed by atoms with E-state index >= 15 is 0 Å². The third-order valence-electron chi connectivity index (χ3n) is 2.44. The van der Waals surface area contributed by atoms with Crippen LogP contribution in [-0.4, -0.2) is 23.0 Å². The molecule has 0 saturated carbocycles. The monoisotopic (exact) mass is 329 g/mol. The van der Waals surface area contributed by atoms with Crippen LogP contribution in [0, 0.1) is 0 Å². The number of hydrogen-bond acceptors (Lipinski definition) is 4. The molecule has 0 aliphatic heterocycles. The largest absolute Gasteiger partial charge is 0.477 e. The highest BCUT2D eigenvalue weighted by Crippen LogP contribution is 2.20. The van der Waals surface area contributed by atoms with Crippen molar-refractivity contribution in [1.82, 2.24) is 4.90 Å². The molecule has 0 aliphatic carbocycles. The van der Waals surface area contributed by atoms with Gasteiger partial charge in [-0.25, -0.2) is 4.79 Å². The number of furan rings is 1. The lowest BCUT2D eigenvalue weighted by atomic mass is 10.2. The zero-order chi connectivity index (χ0) is 13.1. The van der Waals surface area contributed by atoms with Crippen molar-refractivity contribution in [2.24, 2.45) is 0 Å². The van der Waals surface area contributed by atoms with Crippen molar-refractivity contribution >= 4 is 33.2 Å². The lowest BCUT2D eigenvalue weighted by Crippen LogP contribution is -2.17. The molecule has 0 aromatic carbocycles. The Morgan fingerprint density at radius 1 is 1.44 bits per heavy atom. The third kappa shape index (κ3) is 3.22. The van der Waals surface area contributed by atoms with Gasteiger partial charge in [-0.2, -0.15) is 0 Å². The summed E-state index contributed by atoms with van der Waals surface area (Å²) in [7, 11) is 1.93. The first-order valence-electron chi connectivity index (χ1n) is 5.28. The summed E-state index contributed by atoms with van der Waals surface area (Å²) in [5.74, 6) is -0.0226. The van der Waals surface area contributed by atoms with Crippen LogP contribution in [0.5, 0.6) is 0 Å². The summed E-state index contributed by atoms with van der Waals surface area (Å²) < 4.78 is 6.11. The Kier molecular flexibility index (Phi) is 4.21. The van der Waals surface area contributed by atoms with E-state index in [9.17, 15) is 4.79 Å². The predicted molar refractivity (Wildman–Crippen MR) is 72.9 cm³/mol. The quantitative estimate of drug-likeness (QED) is 0.912. The molecule has 0 spiro atoms. The molecule has 2 heterocycles. The van der Waals surface area contributed by atoms with Gasteiger partial charge < -0.3 is 9.52 Å². The first-order chi connectivity index (χ1) is 8.56. The second kappa shape index (κ2) is 5.69. The molecule has 0 unspecified atom stereocenters. The van der Waals surface area contributed by atoms with Gasteiger partial charge in [-0.15, -0.1) is 11.3 Å². The molecule has 0 amide bonds. The minimum Gasteiger partial charge on any atom is -0.477 e. The highest BCUT2D eigenvalue weighted by molar-refractivity contribution is 9.10. The van der Waals surface area contributed by atoms with Crippen LogP contribution in [0.1, 0.15) is 21.0 Å². The minimum atomic E-state index is -0.867. The standard InChI is InChI=1S/C12H12BrNO3S/c1-14(7-9-2-3-10(13)17-9)6-8-4-5-18-11(8)12(15)16/h2-5H,6-7H2,1H3,(H,15,16). The number of thiophene rings is 1. The van der Waals surface area contributed by atoms with Crippen molar-refractivity contribution in [2.45, 2.75) is 13.1 Å². The number of carboxylic acid groups (broad SMARTS) is 1. The molecule has 1 N–H and O–H groups in total. The van der Waals surface area contributed by atoms with Gasteiger partial charge in [-0.3, -0.25) is 4.90 Å². The average molecular weight is 330 g/mol. The van der Waals surface area contributed by atoms with Gasteiger partial charge in [0, 0.05) is 6.54 Å². The molecule has 2 aromatic heterocycles. The van der Waals surface area contributed by atoms with Crippen LogP contribution in [0.2, 0.25) is 0 Å². The third-order valence-corrected chi connectivity index (χ3v) is 3.81. The maximum atomic E-state index is 11.0. The van der Waals surface area contributed by atoms with Crippen LogP contribution in [0.15, 0.2) is 32.7 Å². The Hall–Kier alpha value is -1.11. The molecule has 2 aromatic rings.